The first-order valence-electron chi connectivity index (χ1n) is 3.05. The van der Waals surface area contributed by atoms with Crippen LogP contribution in [-0.2, 0) is 0 Å². The summed E-state index contributed by atoms with van der Waals surface area (Å²) in [5.74, 6) is 0. The molecular formula is C5H14BN2. The first kappa shape index (κ1) is 7.98. The Morgan fingerprint density at radius 3 is 2.62 bits per heavy atom. The molecule has 0 spiro atoms. The minimum Gasteiger partial charge on any atom is -0.323 e. The Kier molecular flexibility index (Phi) is 6.97. The van der Waals surface area contributed by atoms with Gasteiger partial charge in [-0.2, -0.15) is 0 Å². The van der Waals surface area contributed by atoms with E-state index in [9.17, 15) is 0 Å². The van der Waals surface area contributed by atoms with Gasteiger partial charge < -0.3 is 10.6 Å². The molecule has 0 unspecified atom stereocenters. The van der Waals surface area contributed by atoms with Crippen LogP contribution in [0.4, 0.5) is 0 Å². The van der Waals surface area contributed by atoms with Crippen molar-refractivity contribution in [2.75, 3.05) is 26.6 Å². The van der Waals surface area contributed by atoms with Crippen molar-refractivity contribution in [3.05, 3.63) is 0 Å². The van der Waals surface area contributed by atoms with Gasteiger partial charge in [-0.1, -0.05) is 6.82 Å². The highest BCUT2D eigenvalue weighted by atomic mass is 14.9. The topological polar surface area (TPSA) is 24.1 Å². The Morgan fingerprint density at radius 2 is 2.12 bits per heavy atom. The molecule has 0 aliphatic carbocycles. The first-order chi connectivity index (χ1) is 3.91. The van der Waals surface area contributed by atoms with Crippen LogP contribution in [0.2, 0.25) is 6.82 Å². The van der Waals surface area contributed by atoms with Gasteiger partial charge in [0.05, 0.1) is 0 Å². The maximum absolute atomic E-state index is 3.22. The Labute approximate surface area is 52.3 Å². The fraction of sp³-hybridized carbons (Fsp3) is 1.00. The molecule has 0 heterocycles. The molecule has 1 radical (unpaired) electrons. The molecule has 0 atom stereocenters. The average molecular weight is 113 g/mol. The summed E-state index contributed by atoms with van der Waals surface area (Å²) in [6, 6.07) is 0. The summed E-state index contributed by atoms with van der Waals surface area (Å²) in [5.41, 5.74) is 0. The summed E-state index contributed by atoms with van der Waals surface area (Å²) in [5, 5.41) is 6.27. The van der Waals surface area contributed by atoms with Gasteiger partial charge in [0, 0.05) is 13.1 Å². The third kappa shape index (κ3) is 5.98. The largest absolute Gasteiger partial charge is 0.323 e. The van der Waals surface area contributed by atoms with Crippen LogP contribution in [-0.4, -0.2) is 33.9 Å². The minimum absolute atomic E-state index is 1.02. The Balaban J connectivity index is 2.53. The molecule has 0 saturated carbocycles. The molecule has 2 nitrogen and oxygen atoms in total. The summed E-state index contributed by atoms with van der Waals surface area (Å²) in [6.07, 6.45) is 1.02. The van der Waals surface area contributed by atoms with Gasteiger partial charge in [-0.25, -0.2) is 0 Å². The van der Waals surface area contributed by atoms with E-state index in [0.717, 1.165) is 19.5 Å². The standard InChI is InChI=1S/C5H14BN2/c1-6-5-8-4-3-7-2/h7-8H,3-5H2,1-2H3. The van der Waals surface area contributed by atoms with Crippen LogP contribution < -0.4 is 10.6 Å². The van der Waals surface area contributed by atoms with Crippen LogP contribution >= 0.6 is 0 Å². The van der Waals surface area contributed by atoms with Gasteiger partial charge in [-0.15, -0.1) is 0 Å². The molecule has 2 N–H and O–H groups in total. The van der Waals surface area contributed by atoms with Crippen molar-refractivity contribution in [3.8, 4) is 0 Å². The zero-order chi connectivity index (χ0) is 6.24. The molecule has 0 fully saturated rings. The second-order valence-corrected chi connectivity index (χ2v) is 1.72. The van der Waals surface area contributed by atoms with Crippen molar-refractivity contribution < 1.29 is 0 Å². The Bertz CT molecular complexity index is 35.4. The van der Waals surface area contributed by atoms with Gasteiger partial charge in [0.2, 0.25) is 0 Å². The Hall–Kier alpha value is -0.0151. The highest BCUT2D eigenvalue weighted by Gasteiger charge is 1.80. The van der Waals surface area contributed by atoms with Gasteiger partial charge in [0.15, 0.2) is 0 Å². The van der Waals surface area contributed by atoms with Crippen molar-refractivity contribution >= 4 is 7.28 Å². The van der Waals surface area contributed by atoms with E-state index in [1.165, 1.54) is 0 Å². The second-order valence-electron chi connectivity index (χ2n) is 1.72. The smallest absolute Gasteiger partial charge is 0.124 e. The van der Waals surface area contributed by atoms with Gasteiger partial charge in [0.1, 0.15) is 7.28 Å². The van der Waals surface area contributed by atoms with Crippen molar-refractivity contribution in [1.82, 2.24) is 10.6 Å². The molecule has 0 aliphatic heterocycles. The summed E-state index contributed by atoms with van der Waals surface area (Å²) in [4.78, 5) is 0. The number of rotatable bonds is 5. The minimum atomic E-state index is 1.02. The number of nitrogens with one attached hydrogen (secondary N) is 2. The van der Waals surface area contributed by atoms with E-state index in [0.29, 0.717) is 0 Å². The molecule has 0 saturated heterocycles. The molecule has 3 heteroatoms. The highest BCUT2D eigenvalue weighted by molar-refractivity contribution is 6.33. The molecule has 0 aliphatic rings. The van der Waals surface area contributed by atoms with E-state index in [2.05, 4.69) is 17.9 Å². The molecule has 0 rings (SSSR count). The number of likely N-dealkylation sites (N-methyl/N-ethyl adjacent to an activating group) is 1. The summed E-state index contributed by atoms with van der Waals surface area (Å²) < 4.78 is 0. The molecule has 0 bridgehead atoms. The summed E-state index contributed by atoms with van der Waals surface area (Å²) >= 11 is 0. The van der Waals surface area contributed by atoms with Crippen molar-refractivity contribution in [2.45, 2.75) is 6.82 Å². The van der Waals surface area contributed by atoms with Crippen LogP contribution in [0.1, 0.15) is 0 Å². The van der Waals surface area contributed by atoms with E-state index in [1.807, 2.05) is 13.9 Å². The van der Waals surface area contributed by atoms with E-state index in [4.69, 9.17) is 0 Å². The fourth-order valence-electron chi connectivity index (χ4n) is 0.460. The fourth-order valence-corrected chi connectivity index (χ4v) is 0.460. The highest BCUT2D eigenvalue weighted by Crippen LogP contribution is 1.55. The lowest BCUT2D eigenvalue weighted by Crippen LogP contribution is -2.27. The Morgan fingerprint density at radius 1 is 1.38 bits per heavy atom. The van der Waals surface area contributed by atoms with Crippen LogP contribution in [0, 0.1) is 0 Å². The lowest BCUT2D eigenvalue weighted by Gasteiger charge is -1.98. The van der Waals surface area contributed by atoms with E-state index in [-0.39, 0.29) is 0 Å². The van der Waals surface area contributed by atoms with E-state index < -0.39 is 0 Å². The quantitative estimate of drug-likeness (QED) is 0.371. The normalized spacial score (nSPS) is 9.25. The molecule has 0 aromatic carbocycles. The zero-order valence-electron chi connectivity index (χ0n) is 5.70. The lowest BCUT2D eigenvalue weighted by molar-refractivity contribution is 0.703. The SMILES string of the molecule is C[B]CNCCNC. The van der Waals surface area contributed by atoms with Crippen molar-refractivity contribution in [3.63, 3.8) is 0 Å². The average Bonchev–Trinajstić information content (AvgIpc) is 1.81. The number of hydrogen-bond acceptors (Lipinski definition) is 2. The van der Waals surface area contributed by atoms with E-state index in [1.54, 1.807) is 0 Å². The van der Waals surface area contributed by atoms with Crippen molar-refractivity contribution in [2.24, 2.45) is 0 Å². The third-order valence-electron chi connectivity index (χ3n) is 0.900. The number of hydrogen-bond donors (Lipinski definition) is 2. The van der Waals surface area contributed by atoms with Crippen LogP contribution in [0.5, 0.6) is 0 Å². The predicted molar refractivity (Wildman–Crippen MR) is 38.4 cm³/mol. The van der Waals surface area contributed by atoms with Gasteiger partial charge in [-0.05, 0) is 13.5 Å². The molecule has 0 aromatic rings. The van der Waals surface area contributed by atoms with Crippen molar-refractivity contribution in [1.29, 1.82) is 0 Å². The molecule has 8 heavy (non-hydrogen) atoms. The molecule has 0 amide bonds. The predicted octanol–water partition coefficient (Wildman–Crippen LogP) is -0.495. The third-order valence-corrected chi connectivity index (χ3v) is 0.900. The second kappa shape index (κ2) is 6.98. The molecule has 47 valence electrons. The molecular weight excluding hydrogens is 98.9 g/mol. The van der Waals surface area contributed by atoms with Crippen LogP contribution in [0.25, 0.3) is 0 Å². The van der Waals surface area contributed by atoms with Gasteiger partial charge in [0.25, 0.3) is 0 Å². The van der Waals surface area contributed by atoms with Crippen LogP contribution in [0.15, 0.2) is 0 Å². The van der Waals surface area contributed by atoms with Gasteiger partial charge in [-0.3, -0.25) is 0 Å². The van der Waals surface area contributed by atoms with E-state index >= 15 is 0 Å². The van der Waals surface area contributed by atoms with Crippen LogP contribution in [0.3, 0.4) is 0 Å². The lowest BCUT2D eigenvalue weighted by atomic mass is 9.83. The zero-order valence-corrected chi connectivity index (χ0v) is 5.70. The summed E-state index contributed by atoms with van der Waals surface area (Å²) in [7, 11) is 4.06. The first-order valence-corrected chi connectivity index (χ1v) is 3.05. The monoisotopic (exact) mass is 113 g/mol. The summed E-state index contributed by atoms with van der Waals surface area (Å²) in [6.45, 7) is 4.15. The van der Waals surface area contributed by atoms with Gasteiger partial charge >= 0.3 is 0 Å². The molecule has 0 aromatic heterocycles. The maximum atomic E-state index is 3.22. The maximum Gasteiger partial charge on any atom is 0.124 e.